The van der Waals surface area contributed by atoms with Crippen molar-refractivity contribution in [3.63, 3.8) is 0 Å². The third-order valence-electron chi connectivity index (χ3n) is 2.53. The van der Waals surface area contributed by atoms with Gasteiger partial charge < -0.3 is 14.8 Å². The third-order valence-corrected chi connectivity index (χ3v) is 2.53. The summed E-state index contributed by atoms with van der Waals surface area (Å²) < 4.78 is 31.6. The molecule has 0 aliphatic carbocycles. The summed E-state index contributed by atoms with van der Waals surface area (Å²) in [7, 11) is 0. The molecule has 1 heterocycles. The molecule has 2 aromatic rings. The quantitative estimate of drug-likeness (QED) is 0.890. The van der Waals surface area contributed by atoms with E-state index >= 15 is 0 Å². The molecule has 2 N–H and O–H groups in total. The van der Waals surface area contributed by atoms with Crippen molar-refractivity contribution in [1.82, 2.24) is 5.32 Å². The van der Waals surface area contributed by atoms with Crippen LogP contribution in [0.4, 0.5) is 8.78 Å². The van der Waals surface area contributed by atoms with Crippen LogP contribution in [0.25, 0.3) is 0 Å². The van der Waals surface area contributed by atoms with Gasteiger partial charge >= 0.3 is 0 Å². The van der Waals surface area contributed by atoms with Gasteiger partial charge in [0.05, 0.1) is 11.8 Å². The number of carbonyl (C=O) groups is 1. The van der Waals surface area contributed by atoms with Gasteiger partial charge in [0.2, 0.25) is 0 Å². The predicted molar refractivity (Wildman–Crippen MR) is 62.4 cm³/mol. The second-order valence-electron chi connectivity index (χ2n) is 3.84. The molecule has 0 saturated heterocycles. The van der Waals surface area contributed by atoms with E-state index in [4.69, 9.17) is 4.42 Å². The van der Waals surface area contributed by atoms with Crippen LogP contribution in [0.5, 0.6) is 0 Å². The Hall–Kier alpha value is -2.21. The zero-order valence-corrected chi connectivity index (χ0v) is 9.77. The first-order valence-electron chi connectivity index (χ1n) is 5.53. The average molecular weight is 267 g/mol. The molecule has 2 rings (SSSR count). The number of furan rings is 1. The van der Waals surface area contributed by atoms with E-state index in [1.165, 1.54) is 24.5 Å². The van der Waals surface area contributed by atoms with E-state index in [0.717, 1.165) is 12.1 Å². The topological polar surface area (TPSA) is 62.5 Å². The van der Waals surface area contributed by atoms with Crippen molar-refractivity contribution in [2.75, 3.05) is 6.54 Å². The Morgan fingerprint density at radius 2 is 1.95 bits per heavy atom. The van der Waals surface area contributed by atoms with Crippen molar-refractivity contribution in [2.45, 2.75) is 6.10 Å². The van der Waals surface area contributed by atoms with Crippen LogP contribution < -0.4 is 5.32 Å². The van der Waals surface area contributed by atoms with Crippen LogP contribution in [0.2, 0.25) is 0 Å². The molecule has 1 unspecified atom stereocenters. The van der Waals surface area contributed by atoms with Crippen molar-refractivity contribution in [2.24, 2.45) is 0 Å². The Labute approximate surface area is 107 Å². The molecule has 0 bridgehead atoms. The van der Waals surface area contributed by atoms with Crippen LogP contribution in [0.1, 0.15) is 22.2 Å². The molecule has 0 radical (unpaired) electrons. The number of aliphatic hydroxyl groups excluding tert-OH is 1. The molecule has 19 heavy (non-hydrogen) atoms. The first kappa shape index (κ1) is 13.2. The van der Waals surface area contributed by atoms with E-state index in [9.17, 15) is 18.7 Å². The first-order chi connectivity index (χ1) is 9.09. The Morgan fingerprint density at radius 3 is 2.53 bits per heavy atom. The fourth-order valence-electron chi connectivity index (χ4n) is 1.62. The predicted octanol–water partition coefficient (Wildman–Crippen LogP) is 2.02. The van der Waals surface area contributed by atoms with Crippen LogP contribution >= 0.6 is 0 Å². The molecule has 1 atom stereocenters. The summed E-state index contributed by atoms with van der Waals surface area (Å²) in [5, 5.41) is 12.0. The highest BCUT2D eigenvalue weighted by atomic mass is 19.1. The largest absolute Gasteiger partial charge is 0.459 e. The molecule has 1 amide bonds. The highest BCUT2D eigenvalue weighted by molar-refractivity contribution is 5.91. The summed E-state index contributed by atoms with van der Waals surface area (Å²) in [6, 6.07) is 6.24. The van der Waals surface area contributed by atoms with Gasteiger partial charge in [-0.05, 0) is 24.3 Å². The zero-order valence-electron chi connectivity index (χ0n) is 9.77. The summed E-state index contributed by atoms with van der Waals surface area (Å²) >= 11 is 0. The van der Waals surface area contributed by atoms with E-state index in [2.05, 4.69) is 5.32 Å². The second-order valence-corrected chi connectivity index (χ2v) is 3.84. The summed E-state index contributed by atoms with van der Waals surface area (Å²) in [6.07, 6.45) is -0.151. The van der Waals surface area contributed by atoms with E-state index in [1.54, 1.807) is 0 Å². The van der Waals surface area contributed by atoms with Crippen LogP contribution in [-0.4, -0.2) is 17.6 Å². The maximum atomic E-state index is 13.4. The summed E-state index contributed by atoms with van der Waals surface area (Å²) in [5.74, 6) is -2.23. The fraction of sp³-hybridized carbons (Fsp3) is 0.154. The summed E-state index contributed by atoms with van der Waals surface area (Å²) in [4.78, 5) is 11.5. The lowest BCUT2D eigenvalue weighted by Crippen LogP contribution is -2.28. The number of aliphatic hydroxyl groups is 1. The van der Waals surface area contributed by atoms with E-state index in [0.29, 0.717) is 0 Å². The molecule has 0 saturated carbocycles. The van der Waals surface area contributed by atoms with Gasteiger partial charge in [0.15, 0.2) is 5.76 Å². The molecular weight excluding hydrogens is 256 g/mol. The normalized spacial score (nSPS) is 12.2. The van der Waals surface area contributed by atoms with Crippen molar-refractivity contribution in [3.05, 3.63) is 59.6 Å². The number of nitrogens with one attached hydrogen (secondary N) is 1. The van der Waals surface area contributed by atoms with Gasteiger partial charge in [-0.2, -0.15) is 0 Å². The highest BCUT2D eigenvalue weighted by Gasteiger charge is 2.19. The molecule has 0 aliphatic rings. The zero-order chi connectivity index (χ0) is 13.8. The molecule has 0 spiro atoms. The van der Waals surface area contributed by atoms with Crippen LogP contribution in [0, 0.1) is 11.6 Å². The minimum absolute atomic E-state index is 0.0567. The van der Waals surface area contributed by atoms with Gasteiger partial charge in [-0.1, -0.05) is 6.07 Å². The van der Waals surface area contributed by atoms with Gasteiger partial charge in [-0.15, -0.1) is 0 Å². The lowest BCUT2D eigenvalue weighted by molar-refractivity contribution is 0.0884. The van der Waals surface area contributed by atoms with E-state index in [-0.39, 0.29) is 12.3 Å². The van der Waals surface area contributed by atoms with Crippen molar-refractivity contribution >= 4 is 5.91 Å². The van der Waals surface area contributed by atoms with Crippen LogP contribution in [-0.2, 0) is 0 Å². The molecule has 6 heteroatoms. The fourth-order valence-corrected chi connectivity index (χ4v) is 1.62. The average Bonchev–Trinajstić information content (AvgIpc) is 2.89. The standard InChI is InChI=1S/C13H11F2NO3/c14-8-3-1-4-9(15)12(8)10(17)7-16-13(18)11-5-2-6-19-11/h1-6,10,17H,7H2,(H,16,18). The Balaban J connectivity index is 2.02. The minimum atomic E-state index is -1.47. The maximum Gasteiger partial charge on any atom is 0.287 e. The molecule has 1 aromatic carbocycles. The Morgan fingerprint density at radius 1 is 1.26 bits per heavy atom. The van der Waals surface area contributed by atoms with Gasteiger partial charge in [0.25, 0.3) is 5.91 Å². The van der Waals surface area contributed by atoms with Crippen LogP contribution in [0.15, 0.2) is 41.0 Å². The lowest BCUT2D eigenvalue weighted by Gasteiger charge is -2.13. The van der Waals surface area contributed by atoms with E-state index < -0.39 is 29.2 Å². The smallest absolute Gasteiger partial charge is 0.287 e. The number of amides is 1. The minimum Gasteiger partial charge on any atom is -0.459 e. The number of hydrogen-bond acceptors (Lipinski definition) is 3. The Bertz CT molecular complexity index is 549. The van der Waals surface area contributed by atoms with Crippen molar-refractivity contribution in [1.29, 1.82) is 0 Å². The molecule has 0 fully saturated rings. The number of halogens is 2. The molecular formula is C13H11F2NO3. The summed E-state index contributed by atoms with van der Waals surface area (Å²) in [6.45, 7) is -0.322. The number of benzene rings is 1. The number of hydrogen-bond donors (Lipinski definition) is 2. The highest BCUT2D eigenvalue weighted by Crippen LogP contribution is 2.20. The summed E-state index contributed by atoms with van der Waals surface area (Å²) in [5.41, 5.74) is -0.470. The van der Waals surface area contributed by atoms with E-state index in [1.807, 2.05) is 0 Å². The van der Waals surface area contributed by atoms with Crippen molar-refractivity contribution in [3.8, 4) is 0 Å². The van der Waals surface area contributed by atoms with Gasteiger partial charge in [-0.3, -0.25) is 4.79 Å². The maximum absolute atomic E-state index is 13.4. The lowest BCUT2D eigenvalue weighted by atomic mass is 10.1. The third kappa shape index (κ3) is 2.97. The van der Waals surface area contributed by atoms with Gasteiger partial charge in [-0.25, -0.2) is 8.78 Å². The first-order valence-corrected chi connectivity index (χ1v) is 5.53. The molecule has 0 aliphatic heterocycles. The number of carbonyl (C=O) groups excluding carboxylic acids is 1. The number of rotatable bonds is 4. The molecule has 4 nitrogen and oxygen atoms in total. The Kier molecular flexibility index (Phi) is 3.91. The molecule has 100 valence electrons. The van der Waals surface area contributed by atoms with Gasteiger partial charge in [0, 0.05) is 6.54 Å². The monoisotopic (exact) mass is 267 g/mol. The SMILES string of the molecule is O=C(NCC(O)c1c(F)cccc1F)c1ccco1. The van der Waals surface area contributed by atoms with Crippen molar-refractivity contribution < 1.29 is 23.1 Å². The van der Waals surface area contributed by atoms with Gasteiger partial charge in [0.1, 0.15) is 17.7 Å². The second kappa shape index (κ2) is 5.62. The molecule has 1 aromatic heterocycles. The van der Waals surface area contributed by atoms with Crippen LogP contribution in [0.3, 0.4) is 0 Å².